The van der Waals surface area contributed by atoms with E-state index in [0.29, 0.717) is 35.4 Å². The average molecular weight is 429 g/mol. The van der Waals surface area contributed by atoms with Crippen LogP contribution in [0.15, 0.2) is 27.6 Å². The molecule has 0 aliphatic carbocycles. The van der Waals surface area contributed by atoms with E-state index in [-0.39, 0.29) is 23.8 Å². The topological polar surface area (TPSA) is 106 Å². The van der Waals surface area contributed by atoms with Crippen molar-refractivity contribution in [2.75, 3.05) is 13.1 Å². The number of H-pyrrole nitrogens is 1. The Morgan fingerprint density at radius 1 is 1.40 bits per heavy atom. The third kappa shape index (κ3) is 3.77. The summed E-state index contributed by atoms with van der Waals surface area (Å²) in [5.74, 6) is -0.483. The number of thiophene rings is 1. The highest BCUT2D eigenvalue weighted by molar-refractivity contribution is 7.18. The first-order chi connectivity index (χ1) is 14.3. The van der Waals surface area contributed by atoms with Crippen molar-refractivity contribution in [2.24, 2.45) is 5.92 Å². The van der Waals surface area contributed by atoms with Gasteiger partial charge in [0.25, 0.3) is 11.5 Å². The van der Waals surface area contributed by atoms with Crippen molar-refractivity contribution in [1.82, 2.24) is 14.9 Å². The standard InChI is InChI=1S/C21H23N3O5S/c1-11-13(3)30-19-16(11)18(25)22-17(23-19)12(2)29-21(27)14-6-4-8-24(10-14)20(26)15-7-5-9-28-15/h5,7,9,12,14H,4,6,8,10H2,1-3H3,(H,22,23,25)/t12-,14-/m0/s1. The molecule has 1 saturated heterocycles. The maximum atomic E-state index is 12.7. The molecule has 8 nitrogen and oxygen atoms in total. The van der Waals surface area contributed by atoms with Crippen molar-refractivity contribution in [3.63, 3.8) is 0 Å². The molecule has 1 fully saturated rings. The van der Waals surface area contributed by atoms with Gasteiger partial charge in [0.2, 0.25) is 0 Å². The smallest absolute Gasteiger partial charge is 0.311 e. The van der Waals surface area contributed by atoms with Gasteiger partial charge in [0.05, 0.1) is 17.6 Å². The van der Waals surface area contributed by atoms with Gasteiger partial charge in [-0.15, -0.1) is 11.3 Å². The molecule has 0 bridgehead atoms. The molecule has 158 valence electrons. The molecule has 30 heavy (non-hydrogen) atoms. The maximum Gasteiger partial charge on any atom is 0.311 e. The maximum absolute atomic E-state index is 12.7. The van der Waals surface area contributed by atoms with E-state index < -0.39 is 18.0 Å². The molecule has 4 rings (SSSR count). The molecule has 1 aliphatic heterocycles. The highest BCUT2D eigenvalue weighted by Crippen LogP contribution is 2.28. The first-order valence-electron chi connectivity index (χ1n) is 9.88. The third-order valence-electron chi connectivity index (χ3n) is 5.51. The number of hydrogen-bond acceptors (Lipinski definition) is 7. The van der Waals surface area contributed by atoms with Gasteiger partial charge in [0, 0.05) is 18.0 Å². The third-order valence-corrected chi connectivity index (χ3v) is 6.61. The fourth-order valence-electron chi connectivity index (χ4n) is 3.70. The zero-order chi connectivity index (χ0) is 21.4. The van der Waals surface area contributed by atoms with Crippen LogP contribution in [-0.2, 0) is 9.53 Å². The summed E-state index contributed by atoms with van der Waals surface area (Å²) in [6.45, 7) is 6.37. The number of furan rings is 1. The van der Waals surface area contributed by atoms with E-state index in [0.717, 1.165) is 10.4 Å². The number of rotatable bonds is 4. The van der Waals surface area contributed by atoms with Gasteiger partial charge in [-0.1, -0.05) is 0 Å². The molecule has 0 radical (unpaired) electrons. The molecule has 2 atom stereocenters. The Labute approximate surface area is 176 Å². The van der Waals surface area contributed by atoms with E-state index in [9.17, 15) is 14.4 Å². The highest BCUT2D eigenvalue weighted by atomic mass is 32.1. The Balaban J connectivity index is 1.46. The van der Waals surface area contributed by atoms with Crippen LogP contribution in [0.3, 0.4) is 0 Å². The van der Waals surface area contributed by atoms with Crippen LogP contribution in [0.4, 0.5) is 0 Å². The lowest BCUT2D eigenvalue weighted by Gasteiger charge is -2.31. The van der Waals surface area contributed by atoms with Gasteiger partial charge in [-0.25, -0.2) is 4.98 Å². The monoisotopic (exact) mass is 429 g/mol. The molecule has 0 unspecified atom stereocenters. The van der Waals surface area contributed by atoms with E-state index in [1.165, 1.54) is 17.6 Å². The Kier molecular flexibility index (Phi) is 5.46. The zero-order valence-corrected chi connectivity index (χ0v) is 17.9. The molecule has 1 N–H and O–H groups in total. The second-order valence-electron chi connectivity index (χ2n) is 7.56. The summed E-state index contributed by atoms with van der Waals surface area (Å²) in [7, 11) is 0. The van der Waals surface area contributed by atoms with Crippen LogP contribution in [0.5, 0.6) is 0 Å². The summed E-state index contributed by atoms with van der Waals surface area (Å²) in [5.41, 5.74) is 0.691. The number of nitrogens with zero attached hydrogens (tertiary/aromatic N) is 2. The van der Waals surface area contributed by atoms with Gasteiger partial charge in [0.1, 0.15) is 4.83 Å². The zero-order valence-electron chi connectivity index (χ0n) is 17.1. The van der Waals surface area contributed by atoms with E-state index in [4.69, 9.17) is 9.15 Å². The van der Waals surface area contributed by atoms with Gasteiger partial charge in [-0.2, -0.15) is 0 Å². The molecule has 1 amide bonds. The number of esters is 1. The average Bonchev–Trinajstić information content (AvgIpc) is 3.36. The van der Waals surface area contributed by atoms with Gasteiger partial charge in [-0.3, -0.25) is 14.4 Å². The first kappa shape index (κ1) is 20.3. The largest absolute Gasteiger partial charge is 0.459 e. The lowest BCUT2D eigenvalue weighted by molar-refractivity contribution is -0.155. The van der Waals surface area contributed by atoms with Crippen LogP contribution < -0.4 is 5.56 Å². The Hall–Kier alpha value is -2.94. The lowest BCUT2D eigenvalue weighted by Crippen LogP contribution is -2.42. The lowest BCUT2D eigenvalue weighted by atomic mass is 9.98. The van der Waals surface area contributed by atoms with E-state index in [1.807, 2.05) is 13.8 Å². The van der Waals surface area contributed by atoms with E-state index >= 15 is 0 Å². The van der Waals surface area contributed by atoms with Crippen LogP contribution in [0, 0.1) is 19.8 Å². The van der Waals surface area contributed by atoms with Crippen LogP contribution in [0.25, 0.3) is 10.2 Å². The van der Waals surface area contributed by atoms with E-state index in [1.54, 1.807) is 24.0 Å². The normalized spacial score (nSPS) is 17.8. The summed E-state index contributed by atoms with van der Waals surface area (Å²) in [5, 5.41) is 0.583. The number of carbonyl (C=O) groups is 2. The number of amides is 1. The molecular formula is C21H23N3O5S. The quantitative estimate of drug-likeness (QED) is 0.638. The number of piperidine rings is 1. The highest BCUT2D eigenvalue weighted by Gasteiger charge is 2.32. The predicted molar refractivity (Wildman–Crippen MR) is 112 cm³/mol. The summed E-state index contributed by atoms with van der Waals surface area (Å²) < 4.78 is 10.8. The summed E-state index contributed by atoms with van der Waals surface area (Å²) >= 11 is 1.45. The summed E-state index contributed by atoms with van der Waals surface area (Å²) in [6.07, 6.45) is 2.09. The van der Waals surface area contributed by atoms with E-state index in [2.05, 4.69) is 9.97 Å². The molecule has 3 aromatic heterocycles. The molecule has 0 spiro atoms. The molecule has 1 aliphatic rings. The van der Waals surface area contributed by atoms with Gasteiger partial charge < -0.3 is 19.0 Å². The van der Waals surface area contributed by atoms with Crippen LogP contribution in [-0.4, -0.2) is 39.8 Å². The molecule has 4 heterocycles. The summed E-state index contributed by atoms with van der Waals surface area (Å²) in [6, 6.07) is 3.27. The van der Waals surface area contributed by atoms with Crippen molar-refractivity contribution in [1.29, 1.82) is 0 Å². The minimum absolute atomic E-state index is 0.229. The number of ether oxygens (including phenoxy) is 1. The van der Waals surface area contributed by atoms with Gasteiger partial charge >= 0.3 is 5.97 Å². The fourth-order valence-corrected chi connectivity index (χ4v) is 4.74. The first-order valence-corrected chi connectivity index (χ1v) is 10.7. The minimum atomic E-state index is -0.700. The van der Waals surface area contributed by atoms with Crippen molar-refractivity contribution in [2.45, 2.75) is 39.7 Å². The Morgan fingerprint density at radius 3 is 2.93 bits per heavy atom. The number of carbonyl (C=O) groups excluding carboxylic acids is 2. The number of aryl methyl sites for hydroxylation is 2. The molecule has 3 aromatic rings. The second-order valence-corrected chi connectivity index (χ2v) is 8.76. The minimum Gasteiger partial charge on any atom is -0.459 e. The van der Waals surface area contributed by atoms with Crippen LogP contribution in [0.2, 0.25) is 0 Å². The number of likely N-dealkylation sites (tertiary alicyclic amines) is 1. The van der Waals surface area contributed by atoms with Crippen LogP contribution >= 0.6 is 11.3 Å². The van der Waals surface area contributed by atoms with Crippen molar-refractivity contribution < 1.29 is 18.7 Å². The van der Waals surface area contributed by atoms with Crippen molar-refractivity contribution in [3.8, 4) is 0 Å². The Bertz CT molecular complexity index is 1150. The fraction of sp³-hybridized carbons (Fsp3) is 0.429. The molecule has 0 saturated carbocycles. The summed E-state index contributed by atoms with van der Waals surface area (Å²) in [4.78, 5) is 48.2. The number of nitrogens with one attached hydrogen (secondary N) is 1. The van der Waals surface area contributed by atoms with Crippen molar-refractivity contribution >= 4 is 33.4 Å². The molecular weight excluding hydrogens is 406 g/mol. The number of aromatic amines is 1. The number of hydrogen-bond donors (Lipinski definition) is 1. The Morgan fingerprint density at radius 2 is 2.20 bits per heavy atom. The van der Waals surface area contributed by atoms with Gasteiger partial charge in [-0.05, 0) is 51.3 Å². The molecule has 0 aromatic carbocycles. The van der Waals surface area contributed by atoms with Crippen molar-refractivity contribution in [3.05, 3.63) is 50.8 Å². The van der Waals surface area contributed by atoms with Crippen LogP contribution in [0.1, 0.15) is 52.7 Å². The number of fused-ring (bicyclic) bond motifs is 1. The number of aromatic nitrogens is 2. The second kappa shape index (κ2) is 8.06. The molecule has 9 heteroatoms. The van der Waals surface area contributed by atoms with Gasteiger partial charge in [0.15, 0.2) is 17.7 Å². The SMILES string of the molecule is Cc1sc2nc([C@H](C)OC(=O)[C@H]3CCCN(C(=O)c4ccco4)C3)[nH]c(=O)c2c1C. The predicted octanol–water partition coefficient (Wildman–Crippen LogP) is 3.35.